The van der Waals surface area contributed by atoms with Gasteiger partial charge in [0.05, 0.1) is 16.9 Å². The summed E-state index contributed by atoms with van der Waals surface area (Å²) in [5, 5.41) is 7.34. The Morgan fingerprint density at radius 2 is 1.80 bits per heavy atom. The summed E-state index contributed by atoms with van der Waals surface area (Å²) in [7, 11) is -1.02. The van der Waals surface area contributed by atoms with Crippen LogP contribution in [0.3, 0.4) is 0 Å². The summed E-state index contributed by atoms with van der Waals surface area (Å²) in [5.74, 6) is 0. The van der Waals surface area contributed by atoms with Crippen LogP contribution in [0, 0.1) is 0 Å². The molecule has 132 valence electrons. The summed E-state index contributed by atoms with van der Waals surface area (Å²) in [5.41, 5.74) is 1.50. The lowest BCUT2D eigenvalue weighted by Crippen LogP contribution is -2.41. The van der Waals surface area contributed by atoms with Gasteiger partial charge in [-0.3, -0.25) is 10.1 Å². The Hall–Kier alpha value is -1.99. The van der Waals surface area contributed by atoms with Crippen LogP contribution in [-0.2, 0) is 15.7 Å². The number of aromatic amines is 1. The molecule has 0 aromatic carbocycles. The van der Waals surface area contributed by atoms with E-state index in [0.29, 0.717) is 17.7 Å². The van der Waals surface area contributed by atoms with Gasteiger partial charge in [-0.25, -0.2) is 4.39 Å². The Labute approximate surface area is 147 Å². The van der Waals surface area contributed by atoms with Gasteiger partial charge in [0.2, 0.25) is 0 Å². The molecule has 25 heavy (non-hydrogen) atoms. The molecule has 2 aromatic heterocycles. The van der Waals surface area contributed by atoms with E-state index >= 15 is 0 Å². The first kappa shape index (κ1) is 17.8. The molecule has 7 heteroatoms. The van der Waals surface area contributed by atoms with Crippen LogP contribution in [0.2, 0.25) is 0 Å². The van der Waals surface area contributed by atoms with E-state index in [-0.39, 0.29) is 0 Å². The predicted octanol–water partition coefficient (Wildman–Crippen LogP) is 3.98. The molecule has 5 nitrogen and oxygen atoms in total. The minimum Gasteiger partial charge on any atom is -0.398 e. The first-order chi connectivity index (χ1) is 11.7. The van der Waals surface area contributed by atoms with Gasteiger partial charge in [-0.1, -0.05) is 6.92 Å². The fraction of sp³-hybridized carbons (Fsp3) is 0.444. The first-order valence-electron chi connectivity index (χ1n) is 8.45. The number of hydrogen-bond donors (Lipinski definition) is 1. The molecule has 2 aromatic rings. The smallest absolute Gasteiger partial charge is 0.398 e. The summed E-state index contributed by atoms with van der Waals surface area (Å²) in [4.78, 5) is 4.02. The predicted molar refractivity (Wildman–Crippen MR) is 96.4 cm³/mol. The Balaban J connectivity index is 1.97. The molecule has 0 bridgehead atoms. The number of aromatic nitrogens is 3. The van der Waals surface area contributed by atoms with E-state index in [4.69, 9.17) is 9.31 Å². The number of hydrogen-bond acceptors (Lipinski definition) is 4. The van der Waals surface area contributed by atoms with Crippen molar-refractivity contribution in [2.45, 2.75) is 52.2 Å². The third kappa shape index (κ3) is 3.26. The van der Waals surface area contributed by atoms with Gasteiger partial charge in [0.15, 0.2) is 0 Å². The molecule has 0 unspecified atom stereocenters. The summed E-state index contributed by atoms with van der Waals surface area (Å²) in [6, 6.07) is 3.69. The van der Waals surface area contributed by atoms with Crippen molar-refractivity contribution >= 4 is 13.2 Å². The highest BCUT2D eigenvalue weighted by Gasteiger charge is 2.53. The van der Waals surface area contributed by atoms with Crippen LogP contribution in [-0.4, -0.2) is 33.5 Å². The first-order valence-corrected chi connectivity index (χ1v) is 8.45. The van der Waals surface area contributed by atoms with Crippen LogP contribution in [0.5, 0.6) is 0 Å². The van der Waals surface area contributed by atoms with E-state index in [1.54, 1.807) is 12.4 Å². The summed E-state index contributed by atoms with van der Waals surface area (Å²) >= 11 is 0. The molecule has 1 N–H and O–H groups in total. The van der Waals surface area contributed by atoms with Crippen LogP contribution in [0.1, 0.15) is 45.9 Å². The molecule has 1 aliphatic heterocycles. The van der Waals surface area contributed by atoms with Gasteiger partial charge in [0.1, 0.15) is 5.73 Å². The van der Waals surface area contributed by atoms with Crippen molar-refractivity contribution in [1.29, 1.82) is 0 Å². The lowest BCUT2D eigenvalue weighted by molar-refractivity contribution is 0.00578. The number of nitrogens with one attached hydrogen (secondary N) is 1. The maximum Gasteiger partial charge on any atom is 0.525 e. The highest BCUT2D eigenvalue weighted by atomic mass is 19.1. The number of nitrogens with zero attached hydrogens (tertiary/aromatic N) is 2. The fourth-order valence-corrected chi connectivity index (χ4v) is 2.70. The van der Waals surface area contributed by atoms with Crippen LogP contribution >= 0.6 is 0 Å². The quantitative estimate of drug-likeness (QED) is 0.853. The molecule has 0 atom stereocenters. The number of halogens is 1. The van der Waals surface area contributed by atoms with Crippen LogP contribution in [0.25, 0.3) is 17.3 Å². The Morgan fingerprint density at radius 3 is 2.36 bits per heavy atom. The monoisotopic (exact) mass is 343 g/mol. The van der Waals surface area contributed by atoms with Gasteiger partial charge in [-0.15, -0.1) is 0 Å². The van der Waals surface area contributed by atoms with Crippen molar-refractivity contribution in [3.8, 4) is 11.3 Å². The summed E-state index contributed by atoms with van der Waals surface area (Å²) in [6.07, 6.45) is 5.54. The van der Waals surface area contributed by atoms with E-state index in [9.17, 15) is 4.39 Å². The van der Waals surface area contributed by atoms with Gasteiger partial charge >= 0.3 is 7.12 Å². The molecule has 3 heterocycles. The van der Waals surface area contributed by atoms with Gasteiger partial charge in [-0.2, -0.15) is 5.10 Å². The summed E-state index contributed by atoms with van der Waals surface area (Å²) in [6.45, 7) is 9.60. The normalized spacial score (nSPS) is 19.4. The maximum absolute atomic E-state index is 14.9. The van der Waals surface area contributed by atoms with Crippen molar-refractivity contribution in [3.05, 3.63) is 41.5 Å². The van der Waals surface area contributed by atoms with Gasteiger partial charge in [0, 0.05) is 29.2 Å². The molecule has 3 rings (SSSR count). The number of H-pyrrole nitrogens is 1. The van der Waals surface area contributed by atoms with E-state index < -0.39 is 24.0 Å². The van der Waals surface area contributed by atoms with Crippen molar-refractivity contribution in [2.75, 3.05) is 0 Å². The van der Waals surface area contributed by atoms with Crippen LogP contribution in [0.15, 0.2) is 30.3 Å². The highest BCUT2D eigenvalue weighted by Crippen LogP contribution is 2.39. The third-order valence-electron chi connectivity index (χ3n) is 4.95. The van der Waals surface area contributed by atoms with Crippen LogP contribution in [0.4, 0.5) is 4.39 Å². The maximum atomic E-state index is 14.9. The van der Waals surface area contributed by atoms with Gasteiger partial charge in [-0.05, 0) is 52.3 Å². The lowest BCUT2D eigenvalue weighted by Gasteiger charge is -2.32. The molecule has 0 radical (unpaired) electrons. The largest absolute Gasteiger partial charge is 0.525 e. The molecule has 0 saturated carbocycles. The Kier molecular flexibility index (Phi) is 4.55. The number of rotatable bonds is 4. The van der Waals surface area contributed by atoms with Crippen molar-refractivity contribution in [2.24, 2.45) is 0 Å². The molecule has 0 amide bonds. The molecular formula is C18H23BFN3O2. The topological polar surface area (TPSA) is 60.0 Å². The molecular weight excluding hydrogens is 320 g/mol. The van der Waals surface area contributed by atoms with E-state index in [1.807, 2.05) is 46.8 Å². The Morgan fingerprint density at radius 1 is 1.20 bits per heavy atom. The SMILES string of the molecule is CCc1[nH]nc(-c2ccncc2)c1C=C(F)B1OC(C)(C)C(C)(C)O1. The zero-order valence-corrected chi connectivity index (χ0v) is 15.3. The van der Waals surface area contributed by atoms with Gasteiger partial charge < -0.3 is 9.31 Å². The lowest BCUT2D eigenvalue weighted by atomic mass is 9.86. The van der Waals surface area contributed by atoms with Crippen LogP contribution < -0.4 is 0 Å². The molecule has 1 fully saturated rings. The Bertz CT molecular complexity index is 771. The van der Waals surface area contributed by atoms with E-state index in [1.165, 1.54) is 6.08 Å². The minimum atomic E-state index is -1.02. The second-order valence-corrected chi connectivity index (χ2v) is 7.17. The molecule has 1 aliphatic rings. The number of pyridine rings is 1. The average molecular weight is 343 g/mol. The zero-order chi connectivity index (χ0) is 18.2. The number of aryl methyl sites for hydroxylation is 1. The summed E-state index contributed by atoms with van der Waals surface area (Å²) < 4.78 is 26.5. The van der Waals surface area contributed by atoms with Crippen molar-refractivity contribution < 1.29 is 13.7 Å². The highest BCUT2D eigenvalue weighted by molar-refractivity contribution is 6.54. The van der Waals surface area contributed by atoms with Crippen molar-refractivity contribution in [1.82, 2.24) is 15.2 Å². The van der Waals surface area contributed by atoms with Crippen molar-refractivity contribution in [3.63, 3.8) is 0 Å². The van der Waals surface area contributed by atoms with E-state index in [0.717, 1.165) is 11.3 Å². The molecule has 0 aliphatic carbocycles. The second-order valence-electron chi connectivity index (χ2n) is 7.17. The fourth-order valence-electron chi connectivity index (χ4n) is 2.70. The minimum absolute atomic E-state index is 0.468. The van der Waals surface area contributed by atoms with E-state index in [2.05, 4.69) is 15.2 Å². The molecule has 0 spiro atoms. The molecule has 1 saturated heterocycles. The average Bonchev–Trinajstić information content (AvgIpc) is 3.06. The zero-order valence-electron chi connectivity index (χ0n) is 15.3. The third-order valence-corrected chi connectivity index (χ3v) is 4.95. The second kappa shape index (κ2) is 6.39. The van der Waals surface area contributed by atoms with Gasteiger partial charge in [0.25, 0.3) is 0 Å². The standard InChI is InChI=1S/C18H23BFN3O2/c1-6-14-13(16(23-22-14)12-7-9-21-10-8-12)11-15(20)19-24-17(2,3)18(4,5)25-19/h7-11H,6H2,1-5H3,(H,22,23).